The highest BCUT2D eigenvalue weighted by Gasteiger charge is 2.21. The molecule has 3 rings (SSSR count). The van der Waals surface area contributed by atoms with Crippen LogP contribution >= 0.6 is 11.3 Å². The number of rotatable bonds is 5. The largest absolute Gasteiger partial charge is 0.459 e. The second-order valence-corrected chi connectivity index (χ2v) is 7.46. The fraction of sp³-hybridized carbons (Fsp3) is 0.500. The zero-order valence-electron chi connectivity index (χ0n) is 14.6. The molecule has 5 nitrogen and oxygen atoms in total. The maximum absolute atomic E-state index is 12.3. The Hall–Kier alpha value is -1.63. The van der Waals surface area contributed by atoms with Crippen LogP contribution in [0.4, 0.5) is 5.00 Å². The molecular formula is C18H25N3O2S. The smallest absolute Gasteiger partial charge is 0.291 e. The molecule has 0 radical (unpaired) electrons. The van der Waals surface area contributed by atoms with E-state index in [1.54, 1.807) is 23.5 Å². The van der Waals surface area contributed by atoms with Crippen LogP contribution in [0.25, 0.3) is 0 Å². The standard InChI is InChI=1S/C18H25N3O2S/c1-4-20-7-9-21(10-8-20)12-15-13(2)14(3)24-18(15)19-17(22)16-6-5-11-23-16/h5-6,11H,4,7-10,12H2,1-3H3,(H,19,22). The van der Waals surface area contributed by atoms with Gasteiger partial charge in [0.1, 0.15) is 5.00 Å². The van der Waals surface area contributed by atoms with Crippen LogP contribution in [-0.4, -0.2) is 48.4 Å². The fourth-order valence-electron chi connectivity index (χ4n) is 3.03. The van der Waals surface area contributed by atoms with E-state index in [-0.39, 0.29) is 5.91 Å². The number of carbonyl (C=O) groups is 1. The van der Waals surface area contributed by atoms with Crippen molar-refractivity contribution < 1.29 is 9.21 Å². The van der Waals surface area contributed by atoms with Gasteiger partial charge in [0.25, 0.3) is 5.91 Å². The first-order valence-electron chi connectivity index (χ1n) is 8.47. The van der Waals surface area contributed by atoms with Gasteiger partial charge in [0.2, 0.25) is 0 Å². The van der Waals surface area contributed by atoms with Crippen molar-refractivity contribution in [3.63, 3.8) is 0 Å². The van der Waals surface area contributed by atoms with Gasteiger partial charge < -0.3 is 14.6 Å². The van der Waals surface area contributed by atoms with E-state index in [2.05, 4.69) is 35.9 Å². The Labute approximate surface area is 147 Å². The molecular weight excluding hydrogens is 322 g/mol. The number of likely N-dealkylation sites (N-methyl/N-ethyl adjacent to an activating group) is 1. The van der Waals surface area contributed by atoms with Gasteiger partial charge in [-0.1, -0.05) is 6.92 Å². The number of thiophene rings is 1. The number of amides is 1. The first-order valence-corrected chi connectivity index (χ1v) is 9.28. The minimum atomic E-state index is -0.182. The Morgan fingerprint density at radius 1 is 1.25 bits per heavy atom. The van der Waals surface area contributed by atoms with E-state index in [0.717, 1.165) is 44.3 Å². The van der Waals surface area contributed by atoms with Crippen LogP contribution in [0.15, 0.2) is 22.8 Å². The molecule has 130 valence electrons. The highest BCUT2D eigenvalue weighted by Crippen LogP contribution is 2.34. The van der Waals surface area contributed by atoms with E-state index >= 15 is 0 Å². The number of carbonyl (C=O) groups excluding carboxylic acids is 1. The van der Waals surface area contributed by atoms with Crippen molar-refractivity contribution in [3.8, 4) is 0 Å². The first-order chi connectivity index (χ1) is 11.6. The summed E-state index contributed by atoms with van der Waals surface area (Å²) in [5.41, 5.74) is 2.52. The molecule has 0 unspecified atom stereocenters. The van der Waals surface area contributed by atoms with Crippen molar-refractivity contribution in [1.29, 1.82) is 0 Å². The van der Waals surface area contributed by atoms with Crippen LogP contribution in [0.2, 0.25) is 0 Å². The van der Waals surface area contributed by atoms with Crippen molar-refractivity contribution in [3.05, 3.63) is 40.2 Å². The molecule has 2 aromatic heterocycles. The van der Waals surface area contributed by atoms with Gasteiger partial charge in [-0.05, 0) is 38.1 Å². The summed E-state index contributed by atoms with van der Waals surface area (Å²) in [4.78, 5) is 18.5. The third-order valence-electron chi connectivity index (χ3n) is 4.78. The van der Waals surface area contributed by atoms with Crippen LogP contribution < -0.4 is 5.32 Å². The van der Waals surface area contributed by atoms with Crippen LogP contribution in [0.3, 0.4) is 0 Å². The Morgan fingerprint density at radius 3 is 2.58 bits per heavy atom. The fourth-order valence-corrected chi connectivity index (χ4v) is 4.09. The molecule has 0 aliphatic carbocycles. The Balaban J connectivity index is 1.72. The topological polar surface area (TPSA) is 48.7 Å². The van der Waals surface area contributed by atoms with Gasteiger partial charge in [-0.2, -0.15) is 0 Å². The highest BCUT2D eigenvalue weighted by atomic mass is 32.1. The summed E-state index contributed by atoms with van der Waals surface area (Å²) in [6.45, 7) is 12.9. The van der Waals surface area contributed by atoms with Gasteiger partial charge in [0, 0.05) is 43.2 Å². The highest BCUT2D eigenvalue weighted by molar-refractivity contribution is 7.16. The lowest BCUT2D eigenvalue weighted by Gasteiger charge is -2.34. The molecule has 24 heavy (non-hydrogen) atoms. The van der Waals surface area contributed by atoms with Crippen LogP contribution in [0.1, 0.15) is 33.5 Å². The van der Waals surface area contributed by atoms with Crippen LogP contribution in [-0.2, 0) is 6.54 Å². The lowest BCUT2D eigenvalue weighted by atomic mass is 10.1. The summed E-state index contributed by atoms with van der Waals surface area (Å²) < 4.78 is 5.20. The summed E-state index contributed by atoms with van der Waals surface area (Å²) >= 11 is 1.65. The summed E-state index contributed by atoms with van der Waals surface area (Å²) in [7, 11) is 0. The van der Waals surface area contributed by atoms with E-state index in [1.165, 1.54) is 22.3 Å². The van der Waals surface area contributed by atoms with Crippen molar-refractivity contribution in [2.75, 3.05) is 38.0 Å². The summed E-state index contributed by atoms with van der Waals surface area (Å²) in [5, 5.41) is 3.98. The minimum Gasteiger partial charge on any atom is -0.459 e. The zero-order chi connectivity index (χ0) is 17.1. The molecule has 0 atom stereocenters. The van der Waals surface area contributed by atoms with E-state index < -0.39 is 0 Å². The lowest BCUT2D eigenvalue weighted by Crippen LogP contribution is -2.45. The van der Waals surface area contributed by atoms with Gasteiger partial charge in [-0.3, -0.25) is 9.69 Å². The molecule has 0 spiro atoms. The Kier molecular flexibility index (Phi) is 5.38. The number of piperazine rings is 1. The monoisotopic (exact) mass is 347 g/mol. The van der Waals surface area contributed by atoms with Gasteiger partial charge in [0.15, 0.2) is 5.76 Å². The van der Waals surface area contributed by atoms with E-state index in [0.29, 0.717) is 5.76 Å². The number of hydrogen-bond acceptors (Lipinski definition) is 5. The van der Waals surface area contributed by atoms with Crippen molar-refractivity contribution in [2.24, 2.45) is 0 Å². The van der Waals surface area contributed by atoms with Crippen molar-refractivity contribution in [1.82, 2.24) is 9.80 Å². The van der Waals surface area contributed by atoms with Gasteiger partial charge in [-0.25, -0.2) is 0 Å². The molecule has 1 amide bonds. The summed E-state index contributed by atoms with van der Waals surface area (Å²) in [6, 6.07) is 3.42. The molecule has 0 bridgehead atoms. The first kappa shape index (κ1) is 17.2. The molecule has 1 fully saturated rings. The second kappa shape index (κ2) is 7.51. The molecule has 3 heterocycles. The lowest BCUT2D eigenvalue weighted by molar-refractivity contribution is 0.0996. The summed E-state index contributed by atoms with van der Waals surface area (Å²) in [6.07, 6.45) is 1.52. The Bertz CT molecular complexity index is 685. The molecule has 0 saturated carbocycles. The van der Waals surface area contributed by atoms with E-state index in [1.807, 2.05) is 0 Å². The van der Waals surface area contributed by atoms with Gasteiger partial charge in [-0.15, -0.1) is 11.3 Å². The number of aryl methyl sites for hydroxylation is 1. The minimum absolute atomic E-state index is 0.182. The second-order valence-electron chi connectivity index (χ2n) is 6.23. The third-order valence-corrected chi connectivity index (χ3v) is 5.94. The molecule has 1 saturated heterocycles. The maximum Gasteiger partial charge on any atom is 0.291 e. The maximum atomic E-state index is 12.3. The van der Waals surface area contributed by atoms with Gasteiger partial charge >= 0.3 is 0 Å². The average Bonchev–Trinajstić information content (AvgIpc) is 3.21. The quantitative estimate of drug-likeness (QED) is 0.901. The molecule has 1 N–H and O–H groups in total. The molecule has 0 aromatic carbocycles. The number of nitrogens with zero attached hydrogens (tertiary/aromatic N) is 2. The average molecular weight is 347 g/mol. The van der Waals surface area contributed by atoms with Crippen molar-refractivity contribution >= 4 is 22.2 Å². The van der Waals surface area contributed by atoms with Gasteiger partial charge in [0.05, 0.1) is 6.26 Å². The molecule has 1 aliphatic rings. The van der Waals surface area contributed by atoms with E-state index in [4.69, 9.17) is 4.42 Å². The third kappa shape index (κ3) is 3.71. The predicted octanol–water partition coefficient (Wildman–Crippen LogP) is 3.35. The van der Waals surface area contributed by atoms with Crippen LogP contribution in [0.5, 0.6) is 0 Å². The normalized spacial score (nSPS) is 16.5. The zero-order valence-corrected chi connectivity index (χ0v) is 15.4. The van der Waals surface area contributed by atoms with E-state index in [9.17, 15) is 4.79 Å². The Morgan fingerprint density at radius 2 is 1.96 bits per heavy atom. The number of anilines is 1. The predicted molar refractivity (Wildman–Crippen MR) is 97.8 cm³/mol. The molecule has 6 heteroatoms. The number of furan rings is 1. The number of nitrogens with one attached hydrogen (secondary N) is 1. The molecule has 2 aromatic rings. The molecule has 1 aliphatic heterocycles. The number of hydrogen-bond donors (Lipinski definition) is 1. The SMILES string of the molecule is CCN1CCN(Cc2c(NC(=O)c3ccco3)sc(C)c2C)CC1. The summed E-state index contributed by atoms with van der Waals surface area (Å²) in [5.74, 6) is 0.166. The van der Waals surface area contributed by atoms with Crippen LogP contribution in [0, 0.1) is 13.8 Å². The van der Waals surface area contributed by atoms with Crippen molar-refractivity contribution in [2.45, 2.75) is 27.3 Å².